The van der Waals surface area contributed by atoms with Crippen LogP contribution in [0.1, 0.15) is 13.8 Å². The number of benzene rings is 1. The van der Waals surface area contributed by atoms with E-state index in [2.05, 4.69) is 50.8 Å². The lowest BCUT2D eigenvalue weighted by molar-refractivity contribution is 0.746. The molecule has 0 radical (unpaired) electrons. The summed E-state index contributed by atoms with van der Waals surface area (Å²) >= 11 is 0. The fourth-order valence-corrected chi connectivity index (χ4v) is 3.32. The van der Waals surface area contributed by atoms with E-state index >= 15 is 0 Å². The van der Waals surface area contributed by atoms with Crippen LogP contribution in [0.2, 0.25) is 0 Å². The van der Waals surface area contributed by atoms with Gasteiger partial charge in [0.2, 0.25) is 0 Å². The molecular weight excluding hydrogens is 163 g/mol. The summed E-state index contributed by atoms with van der Waals surface area (Å²) in [6, 6.07) is 10.8. The first-order chi connectivity index (χ1) is 5.70. The van der Waals surface area contributed by atoms with Crippen LogP contribution in [0.5, 0.6) is 0 Å². The molecule has 1 atom stereocenters. The van der Waals surface area contributed by atoms with Crippen molar-refractivity contribution in [2.75, 3.05) is 12.8 Å². The average molecular weight is 180 g/mol. The second kappa shape index (κ2) is 4.62. The van der Waals surface area contributed by atoms with Gasteiger partial charge in [0, 0.05) is 0 Å². The largest absolute Gasteiger partial charge is 0.0782 e. The van der Waals surface area contributed by atoms with E-state index in [1.807, 2.05) is 0 Å². The van der Waals surface area contributed by atoms with E-state index in [1.54, 1.807) is 0 Å². The zero-order chi connectivity index (χ0) is 8.97. The van der Waals surface area contributed by atoms with Crippen molar-refractivity contribution in [2.45, 2.75) is 13.8 Å². The summed E-state index contributed by atoms with van der Waals surface area (Å²) in [5.74, 6) is 0.821. The molecule has 66 valence electrons. The summed E-state index contributed by atoms with van der Waals surface area (Å²) in [6.45, 7) is 6.95. The van der Waals surface area contributed by atoms with Crippen molar-refractivity contribution in [3.8, 4) is 0 Å². The van der Waals surface area contributed by atoms with Gasteiger partial charge in [-0.25, -0.2) is 0 Å². The fraction of sp³-hybridized carbons (Fsp3) is 0.455. The highest BCUT2D eigenvalue weighted by molar-refractivity contribution is 7.64. The van der Waals surface area contributed by atoms with Crippen LogP contribution in [0.3, 0.4) is 0 Å². The van der Waals surface area contributed by atoms with E-state index in [0.29, 0.717) is 0 Å². The Morgan fingerprint density at radius 3 is 2.25 bits per heavy atom. The van der Waals surface area contributed by atoms with Gasteiger partial charge in [0.05, 0.1) is 0 Å². The molecule has 0 spiro atoms. The van der Waals surface area contributed by atoms with Gasteiger partial charge in [-0.1, -0.05) is 52.1 Å². The lowest BCUT2D eigenvalue weighted by atomic mass is 10.3. The van der Waals surface area contributed by atoms with E-state index in [4.69, 9.17) is 0 Å². The molecule has 0 bridgehead atoms. The summed E-state index contributed by atoms with van der Waals surface area (Å²) in [5, 5.41) is 1.53. The highest BCUT2D eigenvalue weighted by Crippen LogP contribution is 2.31. The van der Waals surface area contributed by atoms with Crippen molar-refractivity contribution in [1.29, 1.82) is 0 Å². The van der Waals surface area contributed by atoms with Crippen LogP contribution >= 0.6 is 7.92 Å². The molecule has 1 rings (SSSR count). The third-order valence-corrected chi connectivity index (χ3v) is 4.29. The van der Waals surface area contributed by atoms with Gasteiger partial charge in [0.1, 0.15) is 0 Å². The Bertz CT molecular complexity index is 216. The van der Waals surface area contributed by atoms with Crippen LogP contribution in [0.25, 0.3) is 0 Å². The first kappa shape index (κ1) is 9.74. The van der Waals surface area contributed by atoms with Gasteiger partial charge in [-0.2, -0.15) is 0 Å². The minimum Gasteiger partial charge on any atom is -0.0782 e. The topological polar surface area (TPSA) is 0 Å². The van der Waals surface area contributed by atoms with Gasteiger partial charge < -0.3 is 0 Å². The Balaban J connectivity index is 2.59. The molecule has 0 amide bonds. The molecule has 0 saturated carbocycles. The lowest BCUT2D eigenvalue weighted by Gasteiger charge is -2.14. The van der Waals surface area contributed by atoms with Crippen molar-refractivity contribution >= 4 is 13.2 Å². The van der Waals surface area contributed by atoms with Gasteiger partial charge in [0.15, 0.2) is 0 Å². The smallest absolute Gasteiger partial charge is 0.0243 e. The van der Waals surface area contributed by atoms with Gasteiger partial charge in [-0.05, 0) is 24.0 Å². The lowest BCUT2D eigenvalue weighted by Crippen LogP contribution is -2.04. The van der Waals surface area contributed by atoms with E-state index in [-0.39, 0.29) is 7.92 Å². The van der Waals surface area contributed by atoms with Crippen molar-refractivity contribution in [2.24, 2.45) is 5.92 Å². The monoisotopic (exact) mass is 180 g/mol. The Morgan fingerprint density at radius 2 is 1.75 bits per heavy atom. The third kappa shape index (κ3) is 2.95. The Kier molecular flexibility index (Phi) is 3.75. The molecule has 0 aromatic heterocycles. The molecule has 0 nitrogen and oxygen atoms in total. The van der Waals surface area contributed by atoms with E-state index in [1.165, 1.54) is 11.5 Å². The molecular formula is C11H17P. The molecule has 1 heteroatoms. The molecule has 1 unspecified atom stereocenters. The molecule has 1 aromatic rings. The molecule has 0 aliphatic heterocycles. The van der Waals surface area contributed by atoms with Crippen LogP contribution in [0, 0.1) is 5.92 Å². The summed E-state index contributed by atoms with van der Waals surface area (Å²) in [6.07, 6.45) is 1.35. The average Bonchev–Trinajstić information content (AvgIpc) is 2.05. The van der Waals surface area contributed by atoms with Gasteiger partial charge >= 0.3 is 0 Å². The number of rotatable bonds is 3. The third-order valence-electron chi connectivity index (χ3n) is 1.84. The Hall–Kier alpha value is -0.350. The first-order valence-electron chi connectivity index (χ1n) is 4.46. The van der Waals surface area contributed by atoms with Crippen LogP contribution in [0.4, 0.5) is 0 Å². The van der Waals surface area contributed by atoms with Gasteiger partial charge in [-0.3, -0.25) is 0 Å². The maximum atomic E-state index is 2.37. The van der Waals surface area contributed by atoms with Gasteiger partial charge in [0.25, 0.3) is 0 Å². The summed E-state index contributed by atoms with van der Waals surface area (Å²) in [4.78, 5) is 0. The molecule has 0 heterocycles. The Labute approximate surface area is 76.8 Å². The highest BCUT2D eigenvalue weighted by atomic mass is 31.1. The van der Waals surface area contributed by atoms with Gasteiger partial charge in [-0.15, -0.1) is 0 Å². The van der Waals surface area contributed by atoms with Crippen molar-refractivity contribution in [3.63, 3.8) is 0 Å². The van der Waals surface area contributed by atoms with Crippen molar-refractivity contribution < 1.29 is 0 Å². The molecule has 12 heavy (non-hydrogen) atoms. The molecule has 0 fully saturated rings. The SMILES string of the molecule is CC(C)CP(C)c1ccccc1. The molecule has 0 saturated heterocycles. The maximum absolute atomic E-state index is 2.37. The molecule has 0 N–H and O–H groups in total. The molecule has 0 aliphatic rings. The second-order valence-electron chi connectivity index (χ2n) is 3.61. The number of hydrogen-bond donors (Lipinski definition) is 0. The van der Waals surface area contributed by atoms with E-state index < -0.39 is 0 Å². The van der Waals surface area contributed by atoms with E-state index in [9.17, 15) is 0 Å². The zero-order valence-corrected chi connectivity index (χ0v) is 9.01. The highest BCUT2D eigenvalue weighted by Gasteiger charge is 2.05. The van der Waals surface area contributed by atoms with Crippen molar-refractivity contribution in [1.82, 2.24) is 0 Å². The summed E-state index contributed by atoms with van der Waals surface area (Å²) < 4.78 is 0. The van der Waals surface area contributed by atoms with Crippen LogP contribution in [0.15, 0.2) is 30.3 Å². The second-order valence-corrected chi connectivity index (χ2v) is 5.89. The standard InChI is InChI=1S/C11H17P/c1-10(2)9-12(3)11-7-5-4-6-8-11/h4-8,10H,9H2,1-3H3. The quantitative estimate of drug-likeness (QED) is 0.627. The number of hydrogen-bond acceptors (Lipinski definition) is 0. The minimum absolute atomic E-state index is 0.0849. The van der Waals surface area contributed by atoms with Crippen LogP contribution < -0.4 is 5.30 Å². The predicted molar refractivity (Wildman–Crippen MR) is 58.6 cm³/mol. The van der Waals surface area contributed by atoms with E-state index in [0.717, 1.165) is 5.92 Å². The Morgan fingerprint density at radius 1 is 1.17 bits per heavy atom. The zero-order valence-electron chi connectivity index (χ0n) is 8.12. The van der Waals surface area contributed by atoms with Crippen LogP contribution in [-0.4, -0.2) is 12.8 Å². The minimum atomic E-state index is 0.0849. The predicted octanol–water partition coefficient (Wildman–Crippen LogP) is 3.08. The maximum Gasteiger partial charge on any atom is -0.0243 e. The summed E-state index contributed by atoms with van der Waals surface area (Å²) in [5.41, 5.74) is 0. The molecule has 0 aliphatic carbocycles. The first-order valence-corrected chi connectivity index (χ1v) is 6.43. The fourth-order valence-electron chi connectivity index (χ4n) is 1.34. The molecule has 1 aromatic carbocycles. The summed E-state index contributed by atoms with van der Waals surface area (Å²) in [7, 11) is 0.0849. The normalized spacial score (nSPS) is 13.3. The van der Waals surface area contributed by atoms with Crippen molar-refractivity contribution in [3.05, 3.63) is 30.3 Å². The van der Waals surface area contributed by atoms with Crippen LogP contribution in [-0.2, 0) is 0 Å².